The molecule has 0 amide bonds. The van der Waals surface area contributed by atoms with Crippen molar-refractivity contribution in [3.05, 3.63) is 0 Å². The molecule has 0 saturated carbocycles. The normalized spacial score (nSPS) is 13.1. The van der Waals surface area contributed by atoms with Crippen molar-refractivity contribution in [1.82, 2.24) is 0 Å². The Morgan fingerprint density at radius 3 is 2.29 bits per heavy atom. The molecule has 0 bridgehead atoms. The zero-order valence-corrected chi connectivity index (χ0v) is 12.8. The number of nitrogens with zero attached hydrogens (tertiary/aromatic N) is 1. The number of carbonyl (C=O) groups is 2. The van der Waals surface area contributed by atoms with Gasteiger partial charge in [-0.25, -0.2) is 4.79 Å². The van der Waals surface area contributed by atoms with E-state index in [1.165, 1.54) is 6.07 Å². The molecule has 0 aliphatic carbocycles. The summed E-state index contributed by atoms with van der Waals surface area (Å²) < 4.78 is 4.61. The number of carbonyl (C=O) groups excluding carboxylic acids is 2. The van der Waals surface area contributed by atoms with Crippen LogP contribution in [0.25, 0.3) is 0 Å². The zero-order chi connectivity index (χ0) is 12.8. The molecule has 0 radical (unpaired) electrons. The number of ether oxygens (including phenoxy) is 1. The number of aliphatic carboxylic acids is 1. The minimum Gasteiger partial charge on any atom is -0.548 e. The number of nitriles is 1. The molecule has 6 heteroatoms. The number of carboxylic acids is 1. The second kappa shape index (κ2) is 8.51. The molecule has 0 rings (SSSR count). The maximum atomic E-state index is 11.5. The van der Waals surface area contributed by atoms with E-state index in [9.17, 15) is 14.7 Å². The van der Waals surface area contributed by atoms with Crippen molar-refractivity contribution >= 4 is 11.9 Å². The molecule has 0 spiro atoms. The summed E-state index contributed by atoms with van der Waals surface area (Å²) in [6, 6.07) is 1.52. The summed E-state index contributed by atoms with van der Waals surface area (Å²) in [5, 5.41) is 19.8. The van der Waals surface area contributed by atoms with Crippen LogP contribution in [0.3, 0.4) is 0 Å². The Kier molecular flexibility index (Phi) is 9.40. The summed E-state index contributed by atoms with van der Waals surface area (Å²) in [7, 11) is 0. The Morgan fingerprint density at radius 1 is 1.47 bits per heavy atom. The first kappa shape index (κ1) is 18.8. The van der Waals surface area contributed by atoms with Gasteiger partial charge in [-0.1, -0.05) is 13.8 Å². The van der Waals surface area contributed by atoms with Crippen molar-refractivity contribution in [2.45, 2.75) is 33.6 Å². The second-order valence-electron chi connectivity index (χ2n) is 3.96. The Balaban J connectivity index is 0. The van der Waals surface area contributed by atoms with E-state index in [1.54, 1.807) is 6.92 Å². The number of hydrogen-bond donors (Lipinski definition) is 0. The van der Waals surface area contributed by atoms with E-state index in [4.69, 9.17) is 5.26 Å². The summed E-state index contributed by atoms with van der Waals surface area (Å²) in [4.78, 5) is 22.4. The number of esters is 1. The second-order valence-corrected chi connectivity index (χ2v) is 3.96. The molecule has 0 saturated heterocycles. The van der Waals surface area contributed by atoms with Crippen molar-refractivity contribution in [3.8, 4) is 6.07 Å². The topological polar surface area (TPSA) is 90.2 Å². The fourth-order valence-electron chi connectivity index (χ4n) is 1.19. The maximum absolute atomic E-state index is 11.5. The molecule has 0 fully saturated rings. The SMILES string of the molecule is CCOC(=O)C(C#N)(CCC(C)C)C(=O)[O-].[Na+]. The van der Waals surface area contributed by atoms with Gasteiger partial charge in [-0.3, -0.25) is 0 Å². The molecular formula is C11H16NNaO4. The van der Waals surface area contributed by atoms with E-state index in [-0.39, 0.29) is 48.5 Å². The van der Waals surface area contributed by atoms with E-state index >= 15 is 0 Å². The van der Waals surface area contributed by atoms with Crippen molar-refractivity contribution < 1.29 is 49.0 Å². The van der Waals surface area contributed by atoms with Crippen LogP contribution in [-0.2, 0) is 14.3 Å². The first-order chi connectivity index (χ1) is 7.40. The van der Waals surface area contributed by atoms with Crippen LogP contribution < -0.4 is 34.7 Å². The van der Waals surface area contributed by atoms with E-state index in [2.05, 4.69) is 4.74 Å². The Labute approximate surface area is 123 Å². The molecule has 0 aliphatic heterocycles. The van der Waals surface area contributed by atoms with Gasteiger partial charge in [0.1, 0.15) is 0 Å². The molecule has 0 N–H and O–H groups in total. The predicted molar refractivity (Wildman–Crippen MR) is 53.8 cm³/mol. The first-order valence-corrected chi connectivity index (χ1v) is 5.20. The minimum atomic E-state index is -2.17. The average molecular weight is 249 g/mol. The molecule has 1 atom stereocenters. The summed E-state index contributed by atoms with van der Waals surface area (Å²) >= 11 is 0. The van der Waals surface area contributed by atoms with Crippen molar-refractivity contribution in [3.63, 3.8) is 0 Å². The number of rotatable bonds is 6. The fraction of sp³-hybridized carbons (Fsp3) is 0.727. The van der Waals surface area contributed by atoms with Crippen molar-refractivity contribution in [2.24, 2.45) is 11.3 Å². The van der Waals surface area contributed by atoms with Crippen LogP contribution in [0, 0.1) is 22.7 Å². The molecule has 0 heterocycles. The van der Waals surface area contributed by atoms with Crippen LogP contribution >= 0.6 is 0 Å². The van der Waals surface area contributed by atoms with E-state index < -0.39 is 17.4 Å². The smallest absolute Gasteiger partial charge is 0.548 e. The van der Waals surface area contributed by atoms with Crippen LogP contribution in [0.2, 0.25) is 0 Å². The minimum absolute atomic E-state index is 0. The molecule has 0 aromatic heterocycles. The first-order valence-electron chi connectivity index (χ1n) is 5.20. The third-order valence-electron chi connectivity index (χ3n) is 2.26. The molecule has 0 aromatic carbocycles. The van der Waals surface area contributed by atoms with Gasteiger partial charge in [0, 0.05) is 0 Å². The Hall–Kier alpha value is -0.570. The molecule has 0 aliphatic rings. The molecule has 1 unspecified atom stereocenters. The maximum Gasteiger partial charge on any atom is 1.00 e. The molecule has 17 heavy (non-hydrogen) atoms. The van der Waals surface area contributed by atoms with E-state index in [1.807, 2.05) is 13.8 Å². The average Bonchev–Trinajstić information content (AvgIpc) is 2.18. The van der Waals surface area contributed by atoms with Crippen LogP contribution in [0.4, 0.5) is 0 Å². The fourth-order valence-corrected chi connectivity index (χ4v) is 1.19. The molecule has 5 nitrogen and oxygen atoms in total. The van der Waals surface area contributed by atoms with Crippen molar-refractivity contribution in [2.75, 3.05) is 6.61 Å². The molecule has 0 aromatic rings. The third kappa shape index (κ3) is 5.07. The predicted octanol–water partition coefficient (Wildman–Crippen LogP) is -2.75. The van der Waals surface area contributed by atoms with Gasteiger partial charge >= 0.3 is 35.5 Å². The summed E-state index contributed by atoms with van der Waals surface area (Å²) in [5.41, 5.74) is -2.17. The number of carboxylic acid groups (broad SMARTS) is 1. The van der Waals surface area contributed by atoms with Crippen LogP contribution in [0.5, 0.6) is 0 Å². The van der Waals surface area contributed by atoms with Gasteiger partial charge in [-0.2, -0.15) is 5.26 Å². The van der Waals surface area contributed by atoms with Gasteiger partial charge in [-0.15, -0.1) is 0 Å². The Morgan fingerprint density at radius 2 is 2.00 bits per heavy atom. The number of hydrogen-bond acceptors (Lipinski definition) is 5. The van der Waals surface area contributed by atoms with Crippen LogP contribution in [0.1, 0.15) is 33.6 Å². The quantitative estimate of drug-likeness (QED) is 0.289. The van der Waals surface area contributed by atoms with Gasteiger partial charge in [-0.05, 0) is 25.7 Å². The van der Waals surface area contributed by atoms with Gasteiger partial charge in [0.15, 0.2) is 5.41 Å². The largest absolute Gasteiger partial charge is 1.00 e. The van der Waals surface area contributed by atoms with Crippen LogP contribution in [-0.4, -0.2) is 18.5 Å². The zero-order valence-electron chi connectivity index (χ0n) is 10.8. The molecule has 90 valence electrons. The summed E-state index contributed by atoms with van der Waals surface area (Å²) in [5.74, 6) is -2.52. The summed E-state index contributed by atoms with van der Waals surface area (Å²) in [6.45, 7) is 5.35. The van der Waals surface area contributed by atoms with Crippen LogP contribution in [0.15, 0.2) is 0 Å². The third-order valence-corrected chi connectivity index (χ3v) is 2.26. The van der Waals surface area contributed by atoms with E-state index in [0.29, 0.717) is 6.42 Å². The standard InChI is InChI=1S/C11H17NO4.Na/c1-4-16-10(15)11(7-12,9(13)14)6-5-8(2)3;/h8H,4-6H2,1-3H3,(H,13,14);/q;+1/p-1. The van der Waals surface area contributed by atoms with Crippen molar-refractivity contribution in [1.29, 1.82) is 5.26 Å². The van der Waals surface area contributed by atoms with Gasteiger partial charge < -0.3 is 14.6 Å². The Bertz CT molecular complexity index is 311. The van der Waals surface area contributed by atoms with E-state index in [0.717, 1.165) is 0 Å². The summed E-state index contributed by atoms with van der Waals surface area (Å²) in [6.07, 6.45) is 0.364. The van der Waals surface area contributed by atoms with Gasteiger partial charge in [0.25, 0.3) is 0 Å². The van der Waals surface area contributed by atoms with Gasteiger partial charge in [0.05, 0.1) is 18.6 Å². The monoisotopic (exact) mass is 249 g/mol. The van der Waals surface area contributed by atoms with Gasteiger partial charge in [0.2, 0.25) is 0 Å². The molecular weight excluding hydrogens is 233 g/mol.